The highest BCUT2D eigenvalue weighted by Crippen LogP contribution is 2.33. The van der Waals surface area contributed by atoms with E-state index in [1.165, 1.54) is 0 Å². The van der Waals surface area contributed by atoms with Crippen LogP contribution in [0.1, 0.15) is 38.2 Å². The number of nitriles is 2. The van der Waals surface area contributed by atoms with Crippen molar-refractivity contribution in [2.45, 2.75) is 39.3 Å². The number of benzene rings is 2. The van der Waals surface area contributed by atoms with Gasteiger partial charge in [-0.3, -0.25) is 4.57 Å². The second-order valence-corrected chi connectivity index (χ2v) is 9.21. The summed E-state index contributed by atoms with van der Waals surface area (Å²) >= 11 is 18.6. The van der Waals surface area contributed by atoms with E-state index >= 15 is 0 Å². The molecule has 0 unspecified atom stereocenters. The third-order valence-electron chi connectivity index (χ3n) is 5.37. The summed E-state index contributed by atoms with van der Waals surface area (Å²) < 4.78 is 4.23. The van der Waals surface area contributed by atoms with Crippen LogP contribution < -0.4 is 4.90 Å². The molecule has 170 valence electrons. The third-order valence-corrected chi connectivity index (χ3v) is 6.31. The lowest BCUT2D eigenvalue weighted by Gasteiger charge is -2.17. The molecule has 0 aliphatic rings. The zero-order valence-electron chi connectivity index (χ0n) is 18.6. The summed E-state index contributed by atoms with van der Waals surface area (Å²) in [6, 6.07) is 17.8. The molecule has 0 radical (unpaired) electrons. The summed E-state index contributed by atoms with van der Waals surface area (Å²) in [5.41, 5.74) is 2.80. The molecule has 0 amide bonds. The molecule has 0 atom stereocenters. The molecule has 0 saturated carbocycles. The second-order valence-electron chi connectivity index (χ2n) is 8.00. The maximum atomic E-state index is 9.04. The Balaban J connectivity index is 2.19. The molecule has 1 heterocycles. The first kappa shape index (κ1) is 25.0. The number of hydrogen-bond acceptors (Lipinski definition) is 4. The van der Waals surface area contributed by atoms with Crippen molar-refractivity contribution in [3.05, 3.63) is 62.8 Å². The van der Waals surface area contributed by atoms with Gasteiger partial charge in [0.25, 0.3) is 0 Å². The van der Waals surface area contributed by atoms with Gasteiger partial charge < -0.3 is 4.90 Å². The SMILES string of the molecule is CC(C)c1ccccc1-n1c(-c2ccc(Cl)cc2Cl)nn(C[NH+](CCC#N)CCC#N)c1=S. The summed E-state index contributed by atoms with van der Waals surface area (Å²) in [6.45, 7) is 5.92. The molecule has 0 saturated heterocycles. The maximum absolute atomic E-state index is 9.04. The summed E-state index contributed by atoms with van der Waals surface area (Å²) in [6.07, 6.45) is 0.779. The first-order valence-corrected chi connectivity index (χ1v) is 11.9. The zero-order chi connectivity index (χ0) is 24.0. The lowest BCUT2D eigenvalue weighted by molar-refractivity contribution is -0.922. The molecule has 6 nitrogen and oxygen atoms in total. The van der Waals surface area contributed by atoms with Gasteiger partial charge in [0.2, 0.25) is 4.77 Å². The van der Waals surface area contributed by atoms with Crippen molar-refractivity contribution >= 4 is 35.4 Å². The average Bonchev–Trinajstić information content (AvgIpc) is 3.10. The van der Waals surface area contributed by atoms with E-state index < -0.39 is 0 Å². The highest BCUT2D eigenvalue weighted by Gasteiger charge is 2.21. The van der Waals surface area contributed by atoms with Crippen LogP contribution in [-0.4, -0.2) is 27.4 Å². The number of nitrogens with zero attached hydrogens (tertiary/aromatic N) is 5. The van der Waals surface area contributed by atoms with Gasteiger partial charge in [0.15, 0.2) is 12.5 Å². The van der Waals surface area contributed by atoms with Crippen molar-refractivity contribution in [2.75, 3.05) is 13.1 Å². The summed E-state index contributed by atoms with van der Waals surface area (Å²) in [5.74, 6) is 0.892. The van der Waals surface area contributed by atoms with E-state index in [2.05, 4.69) is 32.1 Å². The Bertz CT molecular complexity index is 1250. The molecule has 3 rings (SSSR count). The van der Waals surface area contributed by atoms with E-state index in [0.29, 0.717) is 53.2 Å². The molecule has 1 aromatic heterocycles. The van der Waals surface area contributed by atoms with Gasteiger partial charge in [-0.05, 0) is 48.0 Å². The summed E-state index contributed by atoms with van der Waals surface area (Å²) in [5, 5.41) is 24.0. The van der Waals surface area contributed by atoms with Gasteiger partial charge in [0.05, 0.1) is 48.8 Å². The second kappa shape index (κ2) is 11.4. The van der Waals surface area contributed by atoms with Gasteiger partial charge in [0, 0.05) is 10.6 Å². The summed E-state index contributed by atoms with van der Waals surface area (Å²) in [4.78, 5) is 1.06. The fourth-order valence-corrected chi connectivity index (χ4v) is 4.50. The minimum atomic E-state index is 0.272. The van der Waals surface area contributed by atoms with E-state index in [-0.39, 0.29) is 5.92 Å². The number of nitrogens with one attached hydrogen (secondary N) is 1. The van der Waals surface area contributed by atoms with Gasteiger partial charge in [-0.1, -0.05) is 55.2 Å². The molecule has 3 aromatic rings. The van der Waals surface area contributed by atoms with Gasteiger partial charge in [0.1, 0.15) is 0 Å². The molecule has 0 fully saturated rings. The monoisotopic (exact) mass is 499 g/mol. The molecular weight excluding hydrogens is 475 g/mol. The Morgan fingerprint density at radius 1 is 1.06 bits per heavy atom. The van der Waals surface area contributed by atoms with Crippen LogP contribution in [0, 0.1) is 27.4 Å². The van der Waals surface area contributed by atoms with Gasteiger partial charge in [-0.15, -0.1) is 5.10 Å². The molecular formula is C24H25Cl2N6S+. The minimum absolute atomic E-state index is 0.272. The quantitative estimate of drug-likeness (QED) is 0.412. The van der Waals surface area contributed by atoms with E-state index in [1.807, 2.05) is 28.8 Å². The smallest absolute Gasteiger partial charge is 0.207 e. The zero-order valence-corrected chi connectivity index (χ0v) is 20.9. The average molecular weight is 500 g/mol. The van der Waals surface area contributed by atoms with Crippen molar-refractivity contribution in [2.24, 2.45) is 0 Å². The van der Waals surface area contributed by atoms with Gasteiger partial charge in [-0.25, -0.2) is 0 Å². The van der Waals surface area contributed by atoms with Crippen molar-refractivity contribution in [3.63, 3.8) is 0 Å². The van der Waals surface area contributed by atoms with Crippen molar-refractivity contribution < 1.29 is 4.90 Å². The number of rotatable bonds is 9. The van der Waals surface area contributed by atoms with E-state index in [4.69, 9.17) is 51.0 Å². The first-order chi connectivity index (χ1) is 15.9. The molecule has 0 aliphatic carbocycles. The number of hydrogen-bond donors (Lipinski definition) is 1. The van der Waals surface area contributed by atoms with Crippen LogP contribution in [0.4, 0.5) is 0 Å². The Hall–Kier alpha value is -2.68. The van der Waals surface area contributed by atoms with Crippen LogP contribution in [0.5, 0.6) is 0 Å². The summed E-state index contributed by atoms with van der Waals surface area (Å²) in [7, 11) is 0. The van der Waals surface area contributed by atoms with Crippen molar-refractivity contribution in [1.82, 2.24) is 14.3 Å². The standard InChI is InChI=1S/C24H24Cl2N6S/c1-17(2)19-7-3-4-8-22(19)32-23(20-10-9-18(25)15-21(20)26)29-31(24(32)33)16-30(13-5-11-27)14-6-12-28/h3-4,7-10,15,17H,5-6,13-14,16H2,1-2H3/p+1. The highest BCUT2D eigenvalue weighted by atomic mass is 35.5. The molecule has 0 bridgehead atoms. The Morgan fingerprint density at radius 3 is 2.33 bits per heavy atom. The molecule has 33 heavy (non-hydrogen) atoms. The van der Waals surface area contributed by atoms with E-state index in [1.54, 1.807) is 16.8 Å². The largest absolute Gasteiger partial charge is 0.315 e. The predicted molar refractivity (Wildman–Crippen MR) is 133 cm³/mol. The Kier molecular flexibility index (Phi) is 8.66. The number of para-hydroxylation sites is 1. The third kappa shape index (κ3) is 5.82. The molecule has 0 aliphatic heterocycles. The number of halogens is 2. The number of quaternary nitrogens is 1. The lowest BCUT2D eigenvalue weighted by Crippen LogP contribution is -3.11. The van der Waals surface area contributed by atoms with Gasteiger partial charge in [-0.2, -0.15) is 15.2 Å². The molecule has 9 heteroatoms. The van der Waals surface area contributed by atoms with Gasteiger partial charge >= 0.3 is 0 Å². The number of aromatic nitrogens is 3. The molecule has 0 spiro atoms. The maximum Gasteiger partial charge on any atom is 0.207 e. The van der Waals surface area contributed by atoms with Crippen molar-refractivity contribution in [3.8, 4) is 29.2 Å². The predicted octanol–water partition coefficient (Wildman–Crippen LogP) is 5.17. The van der Waals surface area contributed by atoms with Crippen LogP contribution in [0.2, 0.25) is 10.0 Å². The van der Waals surface area contributed by atoms with E-state index in [0.717, 1.165) is 21.7 Å². The fourth-order valence-electron chi connectivity index (χ4n) is 3.71. The molecule has 2 aromatic carbocycles. The fraction of sp³-hybridized carbons (Fsp3) is 0.333. The van der Waals surface area contributed by atoms with Crippen LogP contribution in [0.15, 0.2) is 42.5 Å². The normalized spacial score (nSPS) is 11.0. The van der Waals surface area contributed by atoms with Crippen LogP contribution in [-0.2, 0) is 6.67 Å². The minimum Gasteiger partial charge on any atom is -0.315 e. The topological polar surface area (TPSA) is 74.8 Å². The Morgan fingerprint density at radius 2 is 1.73 bits per heavy atom. The van der Waals surface area contributed by atoms with Crippen molar-refractivity contribution in [1.29, 1.82) is 10.5 Å². The van der Waals surface area contributed by atoms with Crippen LogP contribution >= 0.6 is 35.4 Å². The first-order valence-electron chi connectivity index (χ1n) is 10.7. The molecule has 1 N–H and O–H groups in total. The van der Waals surface area contributed by atoms with Crippen LogP contribution in [0.3, 0.4) is 0 Å². The lowest BCUT2D eigenvalue weighted by atomic mass is 10.0. The Labute approximate surface area is 209 Å². The highest BCUT2D eigenvalue weighted by molar-refractivity contribution is 7.71. The van der Waals surface area contributed by atoms with Crippen LogP contribution in [0.25, 0.3) is 17.1 Å². The van der Waals surface area contributed by atoms with E-state index in [9.17, 15) is 0 Å².